The highest BCUT2D eigenvalue weighted by molar-refractivity contribution is 5.95. The quantitative estimate of drug-likeness (QED) is 0.214. The Morgan fingerprint density at radius 3 is 2.31 bits per heavy atom. The zero-order chi connectivity index (χ0) is 36.4. The van der Waals surface area contributed by atoms with Crippen LogP contribution in [0.1, 0.15) is 144 Å². The van der Waals surface area contributed by atoms with E-state index in [-0.39, 0.29) is 5.41 Å². The van der Waals surface area contributed by atoms with E-state index in [0.29, 0.717) is 22.1 Å². The summed E-state index contributed by atoms with van der Waals surface area (Å²) in [6.07, 6.45) is 12.2. The molecule has 1 spiro atoms. The van der Waals surface area contributed by atoms with E-state index < -0.39 is 18.6 Å². The summed E-state index contributed by atoms with van der Waals surface area (Å²) < 4.78 is 47.1. The first-order valence-corrected chi connectivity index (χ1v) is 16.9. The highest BCUT2D eigenvalue weighted by atomic mass is 14.9. The monoisotopic (exact) mass is 602 g/mol. The van der Waals surface area contributed by atoms with E-state index in [2.05, 4.69) is 56.7 Å². The SMILES string of the molecule is [2H]C([2H])([2H])c1cc(C2([2H])CCC3(CCCCC3)CC2)ccc1-c1cc(-c2cc(C([2H])(C)C)c3cc(C#N)ccc3c2C)[n+](C)cc1C(C)(C)C. The van der Waals surface area contributed by atoms with Crippen molar-refractivity contribution >= 4 is 10.8 Å². The second-order valence-electron chi connectivity index (χ2n) is 15.2. The first kappa shape index (κ1) is 25.7. The van der Waals surface area contributed by atoms with Crippen molar-refractivity contribution in [3.8, 4) is 28.5 Å². The molecule has 1 heterocycles. The third-order valence-corrected chi connectivity index (χ3v) is 11.0. The summed E-state index contributed by atoms with van der Waals surface area (Å²) in [5.74, 6) is -1.71. The van der Waals surface area contributed by atoms with E-state index >= 15 is 0 Å². The van der Waals surface area contributed by atoms with Crippen molar-refractivity contribution in [2.24, 2.45) is 12.5 Å². The fraction of sp³-hybridized carbons (Fsp3) is 0.488. The molecule has 234 valence electrons. The molecule has 2 aliphatic carbocycles. The molecule has 2 fully saturated rings. The van der Waals surface area contributed by atoms with Crippen LogP contribution in [0.15, 0.2) is 54.7 Å². The van der Waals surface area contributed by atoms with Gasteiger partial charge in [0.1, 0.15) is 7.05 Å². The normalized spacial score (nSPS) is 20.1. The lowest BCUT2D eigenvalue weighted by molar-refractivity contribution is -0.660. The molecule has 2 nitrogen and oxygen atoms in total. The van der Waals surface area contributed by atoms with Gasteiger partial charge in [0.25, 0.3) is 0 Å². The first-order chi connectivity index (χ1) is 23.3. The third-order valence-electron chi connectivity index (χ3n) is 11.0. The summed E-state index contributed by atoms with van der Waals surface area (Å²) in [6, 6.07) is 18.0. The molecule has 0 saturated heterocycles. The van der Waals surface area contributed by atoms with Gasteiger partial charge in [0, 0.05) is 24.0 Å². The maximum Gasteiger partial charge on any atom is 0.213 e. The lowest BCUT2D eigenvalue weighted by Gasteiger charge is -2.43. The van der Waals surface area contributed by atoms with Gasteiger partial charge in [0.05, 0.1) is 11.6 Å². The van der Waals surface area contributed by atoms with Crippen LogP contribution in [0.2, 0.25) is 0 Å². The smallest absolute Gasteiger partial charge is 0.201 e. The summed E-state index contributed by atoms with van der Waals surface area (Å²) in [5, 5.41) is 11.5. The van der Waals surface area contributed by atoms with Gasteiger partial charge in [0.15, 0.2) is 6.20 Å². The molecule has 0 atom stereocenters. The molecule has 2 saturated carbocycles. The number of benzene rings is 3. The zero-order valence-corrected chi connectivity index (χ0v) is 28.5. The summed E-state index contributed by atoms with van der Waals surface area (Å²) in [4.78, 5) is 0. The largest absolute Gasteiger partial charge is 0.213 e. The van der Waals surface area contributed by atoms with Crippen molar-refractivity contribution in [1.82, 2.24) is 0 Å². The van der Waals surface area contributed by atoms with Gasteiger partial charge in [-0.25, -0.2) is 4.57 Å². The minimum Gasteiger partial charge on any atom is -0.201 e. The summed E-state index contributed by atoms with van der Waals surface area (Å²) >= 11 is 0. The number of hydrogen-bond donors (Lipinski definition) is 0. The number of aryl methyl sites for hydroxylation is 3. The molecule has 6 rings (SSSR count). The van der Waals surface area contributed by atoms with Crippen molar-refractivity contribution in [3.05, 3.63) is 88.1 Å². The number of nitrogens with zero attached hydrogens (tertiary/aromatic N) is 2. The molecule has 4 aromatic rings. The van der Waals surface area contributed by atoms with Crippen LogP contribution in [0.5, 0.6) is 0 Å². The van der Waals surface area contributed by atoms with Gasteiger partial charge in [-0.2, -0.15) is 5.26 Å². The molecular formula is C43H53N2+. The molecule has 2 aliphatic rings. The average molecular weight is 603 g/mol. The van der Waals surface area contributed by atoms with E-state index in [0.717, 1.165) is 75.5 Å². The second-order valence-corrected chi connectivity index (χ2v) is 15.2. The Balaban J connectivity index is 1.54. The molecule has 0 bridgehead atoms. The van der Waals surface area contributed by atoms with E-state index in [9.17, 15) is 6.63 Å². The van der Waals surface area contributed by atoms with Gasteiger partial charge in [-0.05, 0) is 137 Å². The minimum atomic E-state index is -2.37. The van der Waals surface area contributed by atoms with Crippen LogP contribution < -0.4 is 4.57 Å². The van der Waals surface area contributed by atoms with Gasteiger partial charge in [-0.15, -0.1) is 0 Å². The molecule has 0 radical (unpaired) electrons. The van der Waals surface area contributed by atoms with Gasteiger partial charge >= 0.3 is 0 Å². The number of rotatable bonds is 4. The van der Waals surface area contributed by atoms with Crippen LogP contribution in [-0.2, 0) is 12.5 Å². The van der Waals surface area contributed by atoms with Crippen LogP contribution in [0.4, 0.5) is 0 Å². The van der Waals surface area contributed by atoms with Crippen molar-refractivity contribution < 1.29 is 11.4 Å². The highest BCUT2D eigenvalue weighted by Gasteiger charge is 2.36. The fourth-order valence-electron chi connectivity index (χ4n) is 8.23. The molecule has 0 N–H and O–H groups in total. The summed E-state index contributed by atoms with van der Waals surface area (Å²) in [6.45, 7) is 9.94. The van der Waals surface area contributed by atoms with Gasteiger partial charge in [-0.1, -0.05) is 78.1 Å². The molecule has 3 aromatic carbocycles. The Morgan fingerprint density at radius 1 is 0.933 bits per heavy atom. The van der Waals surface area contributed by atoms with Crippen molar-refractivity contribution in [2.45, 2.75) is 123 Å². The molecule has 45 heavy (non-hydrogen) atoms. The summed E-state index contributed by atoms with van der Waals surface area (Å²) in [5.41, 5.74) is 8.14. The number of nitriles is 1. The third kappa shape index (κ3) is 5.96. The molecular weight excluding hydrogens is 544 g/mol. The highest BCUT2D eigenvalue weighted by Crippen LogP contribution is 2.51. The van der Waals surface area contributed by atoms with Crippen molar-refractivity contribution in [1.29, 1.82) is 5.26 Å². The first-order valence-electron chi connectivity index (χ1n) is 19.4. The van der Waals surface area contributed by atoms with Gasteiger partial charge in [0.2, 0.25) is 5.69 Å². The minimum absolute atomic E-state index is 0.287. The maximum absolute atomic E-state index is 9.65. The Morgan fingerprint density at radius 2 is 1.67 bits per heavy atom. The molecule has 0 amide bonds. The van der Waals surface area contributed by atoms with Gasteiger partial charge < -0.3 is 0 Å². The molecule has 0 aliphatic heterocycles. The van der Waals surface area contributed by atoms with Crippen molar-refractivity contribution in [2.75, 3.05) is 0 Å². The predicted octanol–water partition coefficient (Wildman–Crippen LogP) is 11.5. The Kier molecular flexibility index (Phi) is 6.89. The second kappa shape index (κ2) is 12.1. The molecule has 2 heteroatoms. The number of hydrogen-bond acceptors (Lipinski definition) is 1. The Labute approximate surface area is 279 Å². The van der Waals surface area contributed by atoms with Gasteiger partial charge in [-0.3, -0.25) is 0 Å². The van der Waals surface area contributed by atoms with E-state index in [1.165, 1.54) is 32.1 Å². The Hall–Kier alpha value is -3.44. The van der Waals surface area contributed by atoms with E-state index in [1.807, 2.05) is 57.3 Å². The summed E-state index contributed by atoms with van der Waals surface area (Å²) in [7, 11) is 2.03. The number of pyridine rings is 1. The lowest BCUT2D eigenvalue weighted by Crippen LogP contribution is -2.34. The van der Waals surface area contributed by atoms with E-state index in [1.54, 1.807) is 0 Å². The fourth-order valence-corrected chi connectivity index (χ4v) is 8.23. The predicted molar refractivity (Wildman–Crippen MR) is 190 cm³/mol. The molecule has 1 aromatic heterocycles. The van der Waals surface area contributed by atoms with Crippen molar-refractivity contribution in [3.63, 3.8) is 0 Å². The Bertz CT molecular complexity index is 1990. The molecule has 0 unspecified atom stereocenters. The van der Waals surface area contributed by atoms with Crippen LogP contribution in [0.25, 0.3) is 33.2 Å². The average Bonchev–Trinajstić information content (AvgIpc) is 3.05. The maximum atomic E-state index is 9.65. The van der Waals surface area contributed by atoms with E-state index in [4.69, 9.17) is 5.48 Å². The van der Waals surface area contributed by atoms with Crippen LogP contribution in [-0.4, -0.2) is 0 Å². The van der Waals surface area contributed by atoms with Crippen LogP contribution in [0.3, 0.4) is 0 Å². The standard InChI is InChI=1S/C43H53N2/c1-28(2)36-24-37(30(4)35-14-12-31(26-44)23-38(35)36)41-25-39(40(27-45(41)8)42(5,6)7)34-15-13-33(22-29(34)3)32-16-20-43(21-17-32)18-10-9-11-19-43/h12-15,22-25,27-28,32H,9-11,16-21H2,1-8H3/q+1/i3D3,28D,32D. The van der Waals surface area contributed by atoms with Crippen LogP contribution in [0, 0.1) is 30.5 Å². The number of aromatic nitrogens is 1. The lowest BCUT2D eigenvalue weighted by atomic mass is 9.62. The van der Waals surface area contributed by atoms with Crippen LogP contribution >= 0.6 is 0 Å². The number of fused-ring (bicyclic) bond motifs is 1. The topological polar surface area (TPSA) is 27.7 Å². The zero-order valence-electron chi connectivity index (χ0n) is 33.5.